The molecule has 0 aromatic rings. The third kappa shape index (κ3) is 3.41. The molecule has 0 radical (unpaired) electrons. The summed E-state index contributed by atoms with van der Waals surface area (Å²) >= 11 is 0. The van der Waals surface area contributed by atoms with Crippen molar-refractivity contribution in [3.63, 3.8) is 0 Å². The Bertz CT molecular complexity index is 327. The minimum absolute atomic E-state index is 0.0539. The Hall–Kier alpha value is -0.450. The van der Waals surface area contributed by atoms with E-state index in [-0.39, 0.29) is 11.5 Å². The summed E-state index contributed by atoms with van der Waals surface area (Å²) in [5.74, 6) is 1.27. The molecule has 4 heteroatoms. The number of carbonyl (C=O) groups is 1. The summed E-state index contributed by atoms with van der Waals surface area (Å²) in [6.07, 6.45) is 6.96. The second-order valence-electron chi connectivity index (χ2n) is 6.72. The number of Topliss-reactive ketones (excluding diaryl/α,β-unsaturated/α-hetero) is 1. The third-order valence-electron chi connectivity index (χ3n) is 5.24. The molecule has 3 aliphatic rings. The fourth-order valence-corrected chi connectivity index (χ4v) is 3.94. The maximum absolute atomic E-state index is 12.6. The van der Waals surface area contributed by atoms with Crippen LogP contribution in [0.15, 0.2) is 0 Å². The summed E-state index contributed by atoms with van der Waals surface area (Å²) in [6, 6.07) is 0. The first-order valence-corrected chi connectivity index (χ1v) is 8.23. The smallest absolute Gasteiger partial charge is 0.136 e. The van der Waals surface area contributed by atoms with Crippen molar-refractivity contribution < 1.29 is 14.3 Å². The number of hydrogen-bond acceptors (Lipinski definition) is 4. The third-order valence-corrected chi connectivity index (χ3v) is 5.24. The number of hydrogen-bond donors (Lipinski definition) is 1. The van der Waals surface area contributed by atoms with Gasteiger partial charge in [0.1, 0.15) is 5.78 Å². The quantitative estimate of drug-likeness (QED) is 0.858. The van der Waals surface area contributed by atoms with Crippen LogP contribution in [0.3, 0.4) is 0 Å². The molecule has 1 N–H and O–H groups in total. The molecule has 0 saturated carbocycles. The molecule has 3 fully saturated rings. The average molecular weight is 281 g/mol. The maximum Gasteiger partial charge on any atom is 0.136 e. The van der Waals surface area contributed by atoms with Crippen LogP contribution < -0.4 is 5.32 Å². The summed E-state index contributed by atoms with van der Waals surface area (Å²) in [4.78, 5) is 12.6. The van der Waals surface area contributed by atoms with E-state index in [0.29, 0.717) is 11.7 Å². The van der Waals surface area contributed by atoms with Gasteiger partial charge >= 0.3 is 0 Å². The van der Waals surface area contributed by atoms with Crippen molar-refractivity contribution in [3.05, 3.63) is 0 Å². The molecule has 3 heterocycles. The zero-order valence-electron chi connectivity index (χ0n) is 12.4. The van der Waals surface area contributed by atoms with Crippen LogP contribution in [-0.4, -0.2) is 44.3 Å². The lowest BCUT2D eigenvalue weighted by molar-refractivity contribution is -0.157. The molecule has 114 valence electrons. The van der Waals surface area contributed by atoms with Gasteiger partial charge in [-0.05, 0) is 57.5 Å². The first kappa shape index (κ1) is 14.5. The van der Waals surface area contributed by atoms with Gasteiger partial charge in [-0.1, -0.05) is 0 Å². The summed E-state index contributed by atoms with van der Waals surface area (Å²) in [6.45, 7) is 4.46. The monoisotopic (exact) mass is 281 g/mol. The minimum atomic E-state index is -0.0539. The molecule has 0 amide bonds. The highest BCUT2D eigenvalue weighted by molar-refractivity contribution is 5.81. The number of rotatable bonds is 3. The largest absolute Gasteiger partial charge is 0.381 e. The fourth-order valence-electron chi connectivity index (χ4n) is 3.94. The highest BCUT2D eigenvalue weighted by atomic mass is 16.5. The molecule has 3 aliphatic heterocycles. The Kier molecular flexibility index (Phi) is 4.74. The molecule has 0 aromatic heterocycles. The van der Waals surface area contributed by atoms with Crippen molar-refractivity contribution >= 4 is 5.78 Å². The Morgan fingerprint density at radius 1 is 1.20 bits per heavy atom. The Morgan fingerprint density at radius 3 is 2.80 bits per heavy atom. The van der Waals surface area contributed by atoms with Crippen LogP contribution in [0.5, 0.6) is 0 Å². The van der Waals surface area contributed by atoms with Gasteiger partial charge in [0.2, 0.25) is 0 Å². The van der Waals surface area contributed by atoms with Crippen molar-refractivity contribution in [1.82, 2.24) is 5.32 Å². The second-order valence-corrected chi connectivity index (χ2v) is 6.72. The average Bonchev–Trinajstić information content (AvgIpc) is 2.49. The SMILES string of the molecule is O=C(CC1CCCNC1)C1CCOC2(CCOCC2)C1. The summed E-state index contributed by atoms with van der Waals surface area (Å²) < 4.78 is 11.5. The van der Waals surface area contributed by atoms with Crippen molar-refractivity contribution in [2.75, 3.05) is 32.9 Å². The highest BCUT2D eigenvalue weighted by Gasteiger charge is 2.41. The van der Waals surface area contributed by atoms with E-state index in [1.165, 1.54) is 12.8 Å². The van der Waals surface area contributed by atoms with E-state index in [1.54, 1.807) is 0 Å². The predicted octanol–water partition coefficient (Wildman–Crippen LogP) is 1.92. The van der Waals surface area contributed by atoms with Crippen molar-refractivity contribution in [3.8, 4) is 0 Å². The molecule has 0 aromatic carbocycles. The van der Waals surface area contributed by atoms with Crippen LogP contribution >= 0.6 is 0 Å². The van der Waals surface area contributed by atoms with Crippen LogP contribution in [0.1, 0.15) is 44.9 Å². The first-order valence-electron chi connectivity index (χ1n) is 8.23. The summed E-state index contributed by atoms with van der Waals surface area (Å²) in [7, 11) is 0. The summed E-state index contributed by atoms with van der Waals surface area (Å²) in [5, 5.41) is 3.41. The van der Waals surface area contributed by atoms with Crippen molar-refractivity contribution in [1.29, 1.82) is 0 Å². The van der Waals surface area contributed by atoms with E-state index in [2.05, 4.69) is 5.32 Å². The molecule has 0 aliphatic carbocycles. The number of piperidine rings is 1. The van der Waals surface area contributed by atoms with Gasteiger partial charge in [0.15, 0.2) is 0 Å². The molecule has 20 heavy (non-hydrogen) atoms. The Labute approximate surface area is 121 Å². The predicted molar refractivity (Wildman–Crippen MR) is 76.7 cm³/mol. The zero-order chi connectivity index (χ0) is 13.8. The number of ketones is 1. The maximum atomic E-state index is 12.6. The molecule has 0 bridgehead atoms. The zero-order valence-corrected chi connectivity index (χ0v) is 12.4. The molecule has 3 saturated heterocycles. The first-order chi connectivity index (χ1) is 9.77. The highest BCUT2D eigenvalue weighted by Crippen LogP contribution is 2.38. The van der Waals surface area contributed by atoms with Gasteiger partial charge in [-0.3, -0.25) is 4.79 Å². The van der Waals surface area contributed by atoms with Gasteiger partial charge < -0.3 is 14.8 Å². The number of carbonyl (C=O) groups excluding carboxylic acids is 1. The van der Waals surface area contributed by atoms with Gasteiger partial charge in [0.05, 0.1) is 5.60 Å². The normalized spacial score (nSPS) is 34.0. The van der Waals surface area contributed by atoms with E-state index >= 15 is 0 Å². The molecule has 2 unspecified atom stereocenters. The van der Waals surface area contributed by atoms with Crippen molar-refractivity contribution in [2.24, 2.45) is 11.8 Å². The molecular weight excluding hydrogens is 254 g/mol. The lowest BCUT2D eigenvalue weighted by Gasteiger charge is -2.43. The van der Waals surface area contributed by atoms with Gasteiger partial charge in [-0.2, -0.15) is 0 Å². The number of ether oxygens (including phenoxy) is 2. The molecule has 2 atom stereocenters. The lowest BCUT2D eigenvalue weighted by Crippen LogP contribution is -2.46. The van der Waals surface area contributed by atoms with E-state index in [1.807, 2.05) is 0 Å². The minimum Gasteiger partial charge on any atom is -0.381 e. The molecule has 1 spiro atoms. The summed E-state index contributed by atoms with van der Waals surface area (Å²) in [5.41, 5.74) is -0.0539. The van der Waals surface area contributed by atoms with Crippen LogP contribution in [0.4, 0.5) is 0 Å². The molecule has 4 nitrogen and oxygen atoms in total. The van der Waals surface area contributed by atoms with Crippen LogP contribution in [0, 0.1) is 11.8 Å². The van der Waals surface area contributed by atoms with Crippen LogP contribution in [-0.2, 0) is 14.3 Å². The Balaban J connectivity index is 1.54. The standard InChI is InChI=1S/C16H27NO3/c18-15(10-13-2-1-6-17-12-13)14-3-7-20-16(11-14)4-8-19-9-5-16/h13-14,17H,1-12H2. The molecular formula is C16H27NO3. The number of nitrogens with one attached hydrogen (secondary N) is 1. The van der Waals surface area contributed by atoms with E-state index in [0.717, 1.165) is 65.0 Å². The van der Waals surface area contributed by atoms with E-state index in [9.17, 15) is 4.79 Å². The van der Waals surface area contributed by atoms with Gasteiger partial charge in [-0.25, -0.2) is 0 Å². The van der Waals surface area contributed by atoms with E-state index < -0.39 is 0 Å². The second kappa shape index (κ2) is 6.54. The fraction of sp³-hybridized carbons (Fsp3) is 0.938. The van der Waals surface area contributed by atoms with Crippen LogP contribution in [0.25, 0.3) is 0 Å². The lowest BCUT2D eigenvalue weighted by atomic mass is 9.77. The molecule has 3 rings (SSSR count). The van der Waals surface area contributed by atoms with Crippen molar-refractivity contribution in [2.45, 2.75) is 50.5 Å². The van der Waals surface area contributed by atoms with Gasteiger partial charge in [0, 0.05) is 32.2 Å². The van der Waals surface area contributed by atoms with Gasteiger partial charge in [-0.15, -0.1) is 0 Å². The van der Waals surface area contributed by atoms with E-state index in [4.69, 9.17) is 9.47 Å². The Morgan fingerprint density at radius 2 is 2.05 bits per heavy atom. The van der Waals surface area contributed by atoms with Gasteiger partial charge in [0.25, 0.3) is 0 Å². The van der Waals surface area contributed by atoms with Crippen LogP contribution in [0.2, 0.25) is 0 Å². The topological polar surface area (TPSA) is 47.6 Å².